The van der Waals surface area contributed by atoms with Gasteiger partial charge in [0, 0.05) is 10.5 Å². The molecule has 5 nitrogen and oxygen atoms in total. The van der Waals surface area contributed by atoms with Crippen LogP contribution in [0.15, 0.2) is 28.7 Å². The summed E-state index contributed by atoms with van der Waals surface area (Å²) in [6.45, 7) is 5.05. The van der Waals surface area contributed by atoms with E-state index in [-0.39, 0.29) is 6.42 Å². The molecule has 2 atom stereocenters. The number of carbonyl (C=O) groups is 2. The van der Waals surface area contributed by atoms with Gasteiger partial charge in [-0.25, -0.2) is 0 Å². The lowest BCUT2D eigenvalue weighted by atomic mass is 9.94. The molecular formula is C15H20BrNO4. The Morgan fingerprint density at radius 3 is 2.38 bits per heavy atom. The molecule has 0 saturated carbocycles. The fourth-order valence-electron chi connectivity index (χ4n) is 1.86. The van der Waals surface area contributed by atoms with Crippen molar-refractivity contribution in [1.82, 2.24) is 0 Å². The highest BCUT2D eigenvalue weighted by Crippen LogP contribution is 2.21. The van der Waals surface area contributed by atoms with E-state index in [0.717, 1.165) is 10.0 Å². The summed E-state index contributed by atoms with van der Waals surface area (Å²) in [5, 5.41) is 9.27. The molecule has 1 aromatic carbocycles. The van der Waals surface area contributed by atoms with E-state index in [9.17, 15) is 14.7 Å². The standard InChI is InChI=1S/C15H20BrNO4/c1-15(2,3)21-14(20)12(13(18)19)11(17)8-9-6-4-5-7-10(9)16/h4-7,11-12H,8,17H2,1-3H3,(H,18,19)/t11?,12-/m1/s1. The molecule has 1 aromatic rings. The van der Waals surface area contributed by atoms with Crippen LogP contribution in [0.3, 0.4) is 0 Å². The van der Waals surface area contributed by atoms with Crippen molar-refractivity contribution in [3.05, 3.63) is 34.3 Å². The molecule has 0 amide bonds. The average molecular weight is 358 g/mol. The smallest absolute Gasteiger partial charge is 0.322 e. The maximum Gasteiger partial charge on any atom is 0.322 e. The van der Waals surface area contributed by atoms with Gasteiger partial charge in [-0.05, 0) is 38.8 Å². The van der Waals surface area contributed by atoms with Gasteiger partial charge in [-0.2, -0.15) is 0 Å². The minimum Gasteiger partial charge on any atom is -0.481 e. The van der Waals surface area contributed by atoms with Crippen LogP contribution in [0.5, 0.6) is 0 Å². The second-order valence-electron chi connectivity index (χ2n) is 5.81. The van der Waals surface area contributed by atoms with Crippen molar-refractivity contribution in [2.24, 2.45) is 11.7 Å². The van der Waals surface area contributed by atoms with Gasteiger partial charge in [-0.3, -0.25) is 9.59 Å². The van der Waals surface area contributed by atoms with Gasteiger partial charge in [0.1, 0.15) is 5.60 Å². The molecule has 1 rings (SSSR count). The van der Waals surface area contributed by atoms with Crippen molar-refractivity contribution in [2.75, 3.05) is 0 Å². The van der Waals surface area contributed by atoms with Gasteiger partial charge in [-0.15, -0.1) is 0 Å². The fraction of sp³-hybridized carbons (Fsp3) is 0.467. The van der Waals surface area contributed by atoms with Crippen LogP contribution in [0.1, 0.15) is 26.3 Å². The Morgan fingerprint density at radius 2 is 1.90 bits per heavy atom. The van der Waals surface area contributed by atoms with Crippen LogP contribution in [0.25, 0.3) is 0 Å². The van der Waals surface area contributed by atoms with Crippen LogP contribution in [0.2, 0.25) is 0 Å². The molecule has 6 heteroatoms. The predicted molar refractivity (Wildman–Crippen MR) is 82.8 cm³/mol. The van der Waals surface area contributed by atoms with Crippen molar-refractivity contribution in [2.45, 2.75) is 38.8 Å². The first-order chi connectivity index (χ1) is 9.61. The molecule has 0 radical (unpaired) electrons. The number of esters is 1. The number of ether oxygens (including phenoxy) is 1. The van der Waals surface area contributed by atoms with Gasteiger partial charge in [0.05, 0.1) is 0 Å². The molecule has 0 bridgehead atoms. The summed E-state index contributed by atoms with van der Waals surface area (Å²) in [4.78, 5) is 23.4. The summed E-state index contributed by atoms with van der Waals surface area (Å²) in [5.74, 6) is -3.48. The van der Waals surface area contributed by atoms with Crippen LogP contribution >= 0.6 is 15.9 Å². The van der Waals surface area contributed by atoms with Gasteiger partial charge in [-0.1, -0.05) is 34.1 Å². The zero-order valence-corrected chi connectivity index (χ0v) is 13.9. The third-order valence-electron chi connectivity index (χ3n) is 2.77. The summed E-state index contributed by atoms with van der Waals surface area (Å²) in [6.07, 6.45) is 0.262. The van der Waals surface area contributed by atoms with Crippen molar-refractivity contribution < 1.29 is 19.4 Å². The Hall–Kier alpha value is -1.40. The molecule has 0 aliphatic rings. The topological polar surface area (TPSA) is 89.6 Å². The molecular weight excluding hydrogens is 338 g/mol. The van der Waals surface area contributed by atoms with Gasteiger partial charge in [0.15, 0.2) is 5.92 Å². The maximum absolute atomic E-state index is 12.0. The normalized spacial score (nSPS) is 14.3. The number of carboxylic acids is 1. The molecule has 0 saturated heterocycles. The summed E-state index contributed by atoms with van der Waals surface area (Å²) >= 11 is 3.38. The van der Waals surface area contributed by atoms with Gasteiger partial charge >= 0.3 is 11.9 Å². The molecule has 0 fully saturated rings. The van der Waals surface area contributed by atoms with E-state index in [4.69, 9.17) is 10.5 Å². The van der Waals surface area contributed by atoms with Crippen molar-refractivity contribution >= 4 is 27.9 Å². The molecule has 0 aliphatic carbocycles. The molecule has 116 valence electrons. The molecule has 3 N–H and O–H groups in total. The molecule has 21 heavy (non-hydrogen) atoms. The Bertz CT molecular complexity index is 525. The maximum atomic E-state index is 12.0. The van der Waals surface area contributed by atoms with Crippen molar-refractivity contribution in [3.63, 3.8) is 0 Å². The molecule has 1 unspecified atom stereocenters. The van der Waals surface area contributed by atoms with Gasteiger partial charge < -0.3 is 15.6 Å². The number of carboxylic acid groups (broad SMARTS) is 1. The number of halogens is 1. The van der Waals surface area contributed by atoms with E-state index in [1.165, 1.54) is 0 Å². The number of hydrogen-bond donors (Lipinski definition) is 2. The van der Waals surface area contributed by atoms with Crippen LogP contribution in [-0.4, -0.2) is 28.7 Å². The molecule has 0 heterocycles. The van der Waals surface area contributed by atoms with Crippen LogP contribution in [0.4, 0.5) is 0 Å². The highest BCUT2D eigenvalue weighted by Gasteiger charge is 2.36. The summed E-state index contributed by atoms with van der Waals surface area (Å²) < 4.78 is 5.97. The number of benzene rings is 1. The monoisotopic (exact) mass is 357 g/mol. The van der Waals surface area contributed by atoms with Gasteiger partial charge in [0.2, 0.25) is 0 Å². The number of carbonyl (C=O) groups excluding carboxylic acids is 1. The van der Waals surface area contributed by atoms with Crippen molar-refractivity contribution in [3.8, 4) is 0 Å². The molecule has 0 aromatic heterocycles. The largest absolute Gasteiger partial charge is 0.481 e. The Morgan fingerprint density at radius 1 is 1.33 bits per heavy atom. The highest BCUT2D eigenvalue weighted by molar-refractivity contribution is 9.10. The fourth-order valence-corrected chi connectivity index (χ4v) is 2.31. The number of rotatable bonds is 5. The first-order valence-electron chi connectivity index (χ1n) is 6.56. The third kappa shape index (κ3) is 5.47. The highest BCUT2D eigenvalue weighted by atomic mass is 79.9. The van der Waals surface area contributed by atoms with Crippen LogP contribution < -0.4 is 5.73 Å². The summed E-state index contributed by atoms with van der Waals surface area (Å²) in [7, 11) is 0. The second kappa shape index (κ2) is 7.04. The molecule has 0 aliphatic heterocycles. The average Bonchev–Trinajstić information content (AvgIpc) is 2.29. The lowest BCUT2D eigenvalue weighted by Gasteiger charge is -2.25. The quantitative estimate of drug-likeness (QED) is 0.623. The Kier molecular flexibility index (Phi) is 5.92. The second-order valence-corrected chi connectivity index (χ2v) is 6.66. The molecule has 0 spiro atoms. The van der Waals surface area contributed by atoms with E-state index in [1.54, 1.807) is 20.8 Å². The van der Waals surface area contributed by atoms with Crippen molar-refractivity contribution in [1.29, 1.82) is 0 Å². The predicted octanol–water partition coefficient (Wildman–Crippen LogP) is 2.36. The Labute approximate surface area is 132 Å². The minimum atomic E-state index is -1.39. The van der Waals surface area contributed by atoms with E-state index in [0.29, 0.717) is 0 Å². The van der Waals surface area contributed by atoms with Crippen LogP contribution in [0, 0.1) is 5.92 Å². The summed E-state index contributed by atoms with van der Waals surface area (Å²) in [6, 6.07) is 6.48. The lowest BCUT2D eigenvalue weighted by molar-refractivity contribution is -0.167. The number of hydrogen-bond acceptors (Lipinski definition) is 4. The first kappa shape index (κ1) is 17.7. The summed E-state index contributed by atoms with van der Waals surface area (Å²) in [5.41, 5.74) is 6.03. The number of aliphatic carboxylic acids is 1. The van der Waals surface area contributed by atoms with Crippen LogP contribution in [-0.2, 0) is 20.7 Å². The minimum absolute atomic E-state index is 0.262. The zero-order valence-electron chi connectivity index (χ0n) is 12.3. The zero-order chi connectivity index (χ0) is 16.2. The van der Waals surface area contributed by atoms with E-state index >= 15 is 0 Å². The van der Waals surface area contributed by atoms with E-state index < -0.39 is 29.5 Å². The lowest BCUT2D eigenvalue weighted by Crippen LogP contribution is -2.45. The first-order valence-corrected chi connectivity index (χ1v) is 7.36. The van der Waals surface area contributed by atoms with E-state index in [2.05, 4.69) is 15.9 Å². The Balaban J connectivity index is 2.88. The van der Waals surface area contributed by atoms with Gasteiger partial charge in [0.25, 0.3) is 0 Å². The SMILES string of the molecule is CC(C)(C)OC(=O)[C@@H](C(=O)O)C(N)Cc1ccccc1Br. The third-order valence-corrected chi connectivity index (χ3v) is 3.54. The van der Waals surface area contributed by atoms with E-state index in [1.807, 2.05) is 24.3 Å². The number of nitrogens with two attached hydrogens (primary N) is 1.